The van der Waals surface area contributed by atoms with E-state index in [0.29, 0.717) is 17.0 Å². The molecule has 0 fully saturated rings. The van der Waals surface area contributed by atoms with Crippen molar-refractivity contribution in [2.45, 2.75) is 6.54 Å². The fraction of sp³-hybridized carbons (Fsp3) is 0.0370. The summed E-state index contributed by atoms with van der Waals surface area (Å²) in [5.74, 6) is -0.931. The van der Waals surface area contributed by atoms with Crippen molar-refractivity contribution in [3.05, 3.63) is 108 Å². The maximum absolute atomic E-state index is 14.0. The third-order valence-electron chi connectivity index (χ3n) is 5.46. The van der Waals surface area contributed by atoms with Crippen LogP contribution in [0.25, 0.3) is 33.4 Å². The van der Waals surface area contributed by atoms with Gasteiger partial charge in [0.15, 0.2) is 11.5 Å². The van der Waals surface area contributed by atoms with Gasteiger partial charge in [-0.3, -0.25) is 9.78 Å². The van der Waals surface area contributed by atoms with Gasteiger partial charge in [-0.25, -0.2) is 14.4 Å². The Morgan fingerprint density at radius 1 is 0.853 bits per heavy atom. The number of nitrogen functional groups attached to an aromatic ring is 1. The molecule has 5 rings (SSSR count). The number of pyridine rings is 1. The van der Waals surface area contributed by atoms with Crippen LogP contribution in [0.4, 0.5) is 10.2 Å². The minimum absolute atomic E-state index is 0.00362. The highest BCUT2D eigenvalue weighted by molar-refractivity contribution is 5.98. The lowest BCUT2D eigenvalue weighted by Crippen LogP contribution is -2.26. The molecule has 0 aliphatic carbocycles. The Labute approximate surface area is 195 Å². The number of nitrogens with two attached hydrogens (primary N) is 1. The first kappa shape index (κ1) is 21.2. The van der Waals surface area contributed by atoms with Gasteiger partial charge in [0, 0.05) is 34.8 Å². The van der Waals surface area contributed by atoms with Crippen molar-refractivity contribution in [2.24, 2.45) is 0 Å². The predicted molar refractivity (Wildman–Crippen MR) is 130 cm³/mol. The first-order valence-electron chi connectivity index (χ1n) is 10.7. The number of carbonyl (C=O) groups is 1. The van der Waals surface area contributed by atoms with Gasteiger partial charge in [0.2, 0.25) is 0 Å². The van der Waals surface area contributed by atoms with E-state index in [9.17, 15) is 9.18 Å². The molecule has 0 radical (unpaired) electrons. The number of halogens is 1. The van der Waals surface area contributed by atoms with Crippen LogP contribution >= 0.6 is 0 Å². The van der Waals surface area contributed by atoms with Gasteiger partial charge in [-0.05, 0) is 24.3 Å². The molecule has 166 valence electrons. The molecular weight excluding hydrogens is 429 g/mol. The average Bonchev–Trinajstić information content (AvgIpc) is 2.88. The Kier molecular flexibility index (Phi) is 5.66. The third-order valence-corrected chi connectivity index (χ3v) is 5.46. The summed E-state index contributed by atoms with van der Waals surface area (Å²) in [6.07, 6.45) is 1.73. The van der Waals surface area contributed by atoms with Gasteiger partial charge >= 0.3 is 0 Å². The molecule has 6 nitrogen and oxygen atoms in total. The van der Waals surface area contributed by atoms with E-state index in [4.69, 9.17) is 5.73 Å². The predicted octanol–water partition coefficient (Wildman–Crippen LogP) is 5.01. The van der Waals surface area contributed by atoms with E-state index in [1.165, 1.54) is 6.07 Å². The second-order valence-corrected chi connectivity index (χ2v) is 7.71. The number of anilines is 1. The van der Waals surface area contributed by atoms with Crippen LogP contribution in [0.3, 0.4) is 0 Å². The van der Waals surface area contributed by atoms with Crippen molar-refractivity contribution in [2.75, 3.05) is 5.73 Å². The fourth-order valence-corrected chi connectivity index (χ4v) is 3.74. The van der Waals surface area contributed by atoms with Crippen molar-refractivity contribution in [3.63, 3.8) is 0 Å². The molecule has 2 heterocycles. The zero-order valence-corrected chi connectivity index (χ0v) is 18.1. The molecule has 0 aliphatic rings. The lowest BCUT2D eigenvalue weighted by atomic mass is 10.0. The third kappa shape index (κ3) is 4.19. The van der Waals surface area contributed by atoms with E-state index >= 15 is 0 Å². The molecule has 0 saturated heterocycles. The maximum Gasteiger partial charge on any atom is 0.274 e. The minimum atomic E-state index is -0.531. The summed E-state index contributed by atoms with van der Waals surface area (Å²) in [4.78, 5) is 26.5. The van der Waals surface area contributed by atoms with Gasteiger partial charge in [-0.1, -0.05) is 60.7 Å². The average molecular weight is 449 g/mol. The van der Waals surface area contributed by atoms with Crippen LogP contribution in [-0.2, 0) is 6.54 Å². The summed E-state index contributed by atoms with van der Waals surface area (Å²) in [6.45, 7) is 0.00401. The molecule has 3 N–H and O–H groups in total. The number of amides is 1. The molecule has 0 bridgehead atoms. The number of fused-ring (bicyclic) bond motifs is 1. The van der Waals surface area contributed by atoms with Crippen molar-refractivity contribution in [3.8, 4) is 22.5 Å². The molecule has 0 spiro atoms. The first-order valence-corrected chi connectivity index (χ1v) is 10.7. The van der Waals surface area contributed by atoms with E-state index < -0.39 is 11.7 Å². The summed E-state index contributed by atoms with van der Waals surface area (Å²) >= 11 is 0. The molecule has 7 heteroatoms. The standard InChI is InChI=1S/C27H20FN5O/c28-21-11-5-4-9-20(21)16-31-27(34)25-26(29)33-23(17-7-2-1-3-8-17)24(32-25)19-12-13-22-18(15-19)10-6-14-30-22/h1-15H,16H2,(H2,29,33)(H,31,34). The van der Waals surface area contributed by atoms with E-state index in [-0.39, 0.29) is 18.1 Å². The molecule has 0 atom stereocenters. The first-order chi connectivity index (χ1) is 16.6. The molecule has 3 aromatic carbocycles. The van der Waals surface area contributed by atoms with Gasteiger partial charge < -0.3 is 11.1 Å². The Morgan fingerprint density at radius 3 is 2.44 bits per heavy atom. The van der Waals surface area contributed by atoms with Crippen LogP contribution in [0.1, 0.15) is 16.1 Å². The molecular formula is C27H20FN5O. The van der Waals surface area contributed by atoms with E-state index in [1.54, 1.807) is 24.4 Å². The molecule has 0 saturated carbocycles. The number of rotatable bonds is 5. The van der Waals surface area contributed by atoms with Crippen molar-refractivity contribution in [1.82, 2.24) is 20.3 Å². The normalized spacial score (nSPS) is 10.9. The number of nitrogens with zero attached hydrogens (tertiary/aromatic N) is 3. The van der Waals surface area contributed by atoms with E-state index in [1.807, 2.05) is 60.7 Å². The largest absolute Gasteiger partial charge is 0.382 e. The lowest BCUT2D eigenvalue weighted by Gasteiger charge is -2.14. The van der Waals surface area contributed by atoms with Crippen LogP contribution in [0.2, 0.25) is 0 Å². The highest BCUT2D eigenvalue weighted by atomic mass is 19.1. The quantitative estimate of drug-likeness (QED) is 0.393. The topological polar surface area (TPSA) is 93.8 Å². The van der Waals surface area contributed by atoms with Crippen LogP contribution in [0.15, 0.2) is 91.1 Å². The number of hydrogen-bond acceptors (Lipinski definition) is 5. The van der Waals surface area contributed by atoms with E-state index in [2.05, 4.69) is 20.3 Å². The second-order valence-electron chi connectivity index (χ2n) is 7.71. The smallest absolute Gasteiger partial charge is 0.274 e. The fourth-order valence-electron chi connectivity index (χ4n) is 3.74. The minimum Gasteiger partial charge on any atom is -0.382 e. The number of carbonyl (C=O) groups excluding carboxylic acids is 1. The molecule has 0 aliphatic heterocycles. The Hall–Kier alpha value is -4.65. The van der Waals surface area contributed by atoms with Gasteiger partial charge in [-0.15, -0.1) is 0 Å². The highest BCUT2D eigenvalue weighted by Gasteiger charge is 2.20. The molecule has 1 amide bonds. The van der Waals surface area contributed by atoms with Gasteiger partial charge in [-0.2, -0.15) is 0 Å². The zero-order chi connectivity index (χ0) is 23.5. The van der Waals surface area contributed by atoms with Gasteiger partial charge in [0.25, 0.3) is 5.91 Å². The van der Waals surface area contributed by atoms with Crippen LogP contribution < -0.4 is 11.1 Å². The summed E-state index contributed by atoms with van der Waals surface area (Å²) in [5, 5.41) is 3.63. The molecule has 34 heavy (non-hydrogen) atoms. The van der Waals surface area contributed by atoms with Crippen LogP contribution in [-0.4, -0.2) is 20.9 Å². The molecule has 2 aromatic heterocycles. The summed E-state index contributed by atoms with van der Waals surface area (Å²) in [6, 6.07) is 25.3. The monoisotopic (exact) mass is 449 g/mol. The van der Waals surface area contributed by atoms with Crippen molar-refractivity contribution in [1.29, 1.82) is 0 Å². The van der Waals surface area contributed by atoms with Gasteiger partial charge in [0.05, 0.1) is 16.9 Å². The SMILES string of the molecule is Nc1nc(-c2ccccc2)c(-c2ccc3ncccc3c2)nc1C(=O)NCc1ccccc1F. The van der Waals surface area contributed by atoms with Crippen molar-refractivity contribution >= 4 is 22.6 Å². The summed E-state index contributed by atoms with van der Waals surface area (Å²) < 4.78 is 14.0. The van der Waals surface area contributed by atoms with Crippen LogP contribution in [0, 0.1) is 5.82 Å². The molecule has 0 unspecified atom stereocenters. The maximum atomic E-state index is 14.0. The lowest BCUT2D eigenvalue weighted by molar-refractivity contribution is 0.0946. The Balaban J connectivity index is 1.58. The van der Waals surface area contributed by atoms with E-state index in [0.717, 1.165) is 22.0 Å². The number of hydrogen-bond donors (Lipinski definition) is 2. The second kappa shape index (κ2) is 9.07. The Bertz CT molecular complexity index is 1500. The van der Waals surface area contributed by atoms with Gasteiger partial charge in [0.1, 0.15) is 5.82 Å². The number of benzene rings is 3. The summed E-state index contributed by atoms with van der Waals surface area (Å²) in [7, 11) is 0. The highest BCUT2D eigenvalue weighted by Crippen LogP contribution is 2.32. The number of aromatic nitrogens is 3. The van der Waals surface area contributed by atoms with Crippen LogP contribution in [0.5, 0.6) is 0 Å². The Morgan fingerprint density at radius 2 is 1.62 bits per heavy atom. The molecule has 5 aromatic rings. The number of nitrogens with one attached hydrogen (secondary N) is 1. The summed E-state index contributed by atoms with van der Waals surface area (Å²) in [5.41, 5.74) is 10.0. The van der Waals surface area contributed by atoms with Crippen molar-refractivity contribution < 1.29 is 9.18 Å². The zero-order valence-electron chi connectivity index (χ0n) is 18.1.